The molecule has 0 bridgehead atoms. The summed E-state index contributed by atoms with van der Waals surface area (Å²) in [5, 5.41) is 11.5. The van der Waals surface area contributed by atoms with E-state index >= 15 is 0 Å². The second-order valence-corrected chi connectivity index (χ2v) is 7.57. The van der Waals surface area contributed by atoms with Gasteiger partial charge in [-0.1, -0.05) is 31.5 Å². The molecule has 1 N–H and O–H groups in total. The van der Waals surface area contributed by atoms with E-state index in [0.717, 1.165) is 26.1 Å². The van der Waals surface area contributed by atoms with E-state index in [0.29, 0.717) is 22.8 Å². The summed E-state index contributed by atoms with van der Waals surface area (Å²) in [6.07, 6.45) is 2.34. The summed E-state index contributed by atoms with van der Waals surface area (Å²) in [5.74, 6) is -1.52. The van der Waals surface area contributed by atoms with Gasteiger partial charge in [-0.05, 0) is 62.5 Å². The van der Waals surface area contributed by atoms with Crippen LogP contribution in [0.15, 0.2) is 54.2 Å². The van der Waals surface area contributed by atoms with Crippen LogP contribution >= 0.6 is 11.6 Å². The van der Waals surface area contributed by atoms with Crippen LogP contribution in [-0.4, -0.2) is 57.8 Å². The smallest absolute Gasteiger partial charge is 0.295 e. The molecule has 1 amide bonds. The van der Waals surface area contributed by atoms with Gasteiger partial charge in [0, 0.05) is 23.3 Å². The normalized spacial score (nSPS) is 18.4. The first-order chi connectivity index (χ1) is 14.5. The summed E-state index contributed by atoms with van der Waals surface area (Å²) in [5.41, 5.74) is 1.04. The van der Waals surface area contributed by atoms with Crippen LogP contribution in [0, 0.1) is 0 Å². The third kappa shape index (κ3) is 4.55. The summed E-state index contributed by atoms with van der Waals surface area (Å²) in [7, 11) is 0. The molecule has 1 unspecified atom stereocenters. The molecule has 0 radical (unpaired) electrons. The van der Waals surface area contributed by atoms with Crippen molar-refractivity contribution in [1.82, 2.24) is 14.8 Å². The van der Waals surface area contributed by atoms with Crippen molar-refractivity contribution in [2.75, 3.05) is 26.2 Å². The lowest BCUT2D eigenvalue weighted by Crippen LogP contribution is -2.33. The van der Waals surface area contributed by atoms with Gasteiger partial charge in [0.05, 0.1) is 11.3 Å². The largest absolute Gasteiger partial charge is 0.507 e. The molecule has 1 saturated heterocycles. The molecule has 1 aromatic carbocycles. The van der Waals surface area contributed by atoms with Crippen molar-refractivity contribution in [2.45, 2.75) is 26.3 Å². The number of hydrogen-bond acceptors (Lipinski definition) is 5. The van der Waals surface area contributed by atoms with E-state index in [1.165, 1.54) is 4.90 Å². The lowest BCUT2D eigenvalue weighted by Gasteiger charge is -2.26. The van der Waals surface area contributed by atoms with Crippen LogP contribution in [0.5, 0.6) is 0 Å². The molecule has 1 aliphatic heterocycles. The summed E-state index contributed by atoms with van der Waals surface area (Å²) in [6, 6.07) is 11.1. The highest BCUT2D eigenvalue weighted by molar-refractivity contribution is 6.46. The number of aliphatic hydroxyl groups excluding tert-OH is 1. The van der Waals surface area contributed by atoms with Gasteiger partial charge in [-0.25, -0.2) is 0 Å². The van der Waals surface area contributed by atoms with E-state index in [1.54, 1.807) is 48.7 Å². The van der Waals surface area contributed by atoms with Crippen molar-refractivity contribution >= 4 is 29.1 Å². The Morgan fingerprint density at radius 3 is 2.43 bits per heavy atom. The lowest BCUT2D eigenvalue weighted by molar-refractivity contribution is -0.140. The van der Waals surface area contributed by atoms with E-state index in [9.17, 15) is 14.7 Å². The SMILES string of the molecule is CCN(CC)CCCN1C(=O)C(=O)C(=C(O)c2ccc(Cl)cc2)C1c1ccccn1. The van der Waals surface area contributed by atoms with E-state index < -0.39 is 17.7 Å². The Morgan fingerprint density at radius 1 is 1.13 bits per heavy atom. The lowest BCUT2D eigenvalue weighted by atomic mass is 9.98. The number of pyridine rings is 1. The summed E-state index contributed by atoms with van der Waals surface area (Å²) in [4.78, 5) is 34.0. The number of rotatable bonds is 8. The van der Waals surface area contributed by atoms with Gasteiger partial charge >= 0.3 is 0 Å². The number of carbonyl (C=O) groups excluding carboxylic acids is 2. The highest BCUT2D eigenvalue weighted by Crippen LogP contribution is 2.38. The van der Waals surface area contributed by atoms with Gasteiger partial charge in [-0.15, -0.1) is 0 Å². The standard InChI is InChI=1S/C23H26ClN3O3/c1-3-26(4-2)14-7-15-27-20(18-8-5-6-13-25-18)19(22(29)23(27)30)21(28)16-9-11-17(24)12-10-16/h5-6,8-13,20,28H,3-4,7,14-15H2,1-2H3. The molecule has 0 spiro atoms. The number of hydrogen-bond donors (Lipinski definition) is 1. The molecule has 1 atom stereocenters. The van der Waals surface area contributed by atoms with Gasteiger partial charge in [0.2, 0.25) is 0 Å². The highest BCUT2D eigenvalue weighted by atomic mass is 35.5. The molecule has 6 nitrogen and oxygen atoms in total. The molecule has 1 aromatic heterocycles. The van der Waals surface area contributed by atoms with E-state index in [2.05, 4.69) is 23.7 Å². The van der Waals surface area contributed by atoms with Crippen LogP contribution in [-0.2, 0) is 9.59 Å². The minimum atomic E-state index is -0.724. The quantitative estimate of drug-likeness (QED) is 0.393. The summed E-state index contributed by atoms with van der Waals surface area (Å²) in [6.45, 7) is 7.26. The van der Waals surface area contributed by atoms with Gasteiger partial charge in [-0.2, -0.15) is 0 Å². The maximum Gasteiger partial charge on any atom is 0.295 e. The Hall–Kier alpha value is -2.70. The first kappa shape index (κ1) is 22.0. The number of aliphatic hydroxyl groups is 1. The third-order valence-electron chi connectivity index (χ3n) is 5.39. The maximum absolute atomic E-state index is 12.9. The Bertz CT molecular complexity index is 924. The predicted molar refractivity (Wildman–Crippen MR) is 117 cm³/mol. The van der Waals surface area contributed by atoms with Crippen molar-refractivity contribution in [3.8, 4) is 0 Å². The van der Waals surface area contributed by atoms with Crippen LogP contribution in [0.2, 0.25) is 5.02 Å². The molecule has 0 saturated carbocycles. The van der Waals surface area contributed by atoms with E-state index in [-0.39, 0.29) is 11.3 Å². The fourth-order valence-electron chi connectivity index (χ4n) is 3.72. The van der Waals surface area contributed by atoms with Crippen LogP contribution in [0.1, 0.15) is 37.6 Å². The summed E-state index contributed by atoms with van der Waals surface area (Å²) >= 11 is 5.94. The number of aromatic nitrogens is 1. The molecular weight excluding hydrogens is 402 g/mol. The van der Waals surface area contributed by atoms with Crippen LogP contribution < -0.4 is 0 Å². The number of nitrogens with zero attached hydrogens (tertiary/aromatic N) is 3. The van der Waals surface area contributed by atoms with Crippen molar-refractivity contribution in [1.29, 1.82) is 0 Å². The predicted octanol–water partition coefficient (Wildman–Crippen LogP) is 3.89. The van der Waals surface area contributed by atoms with E-state index in [1.807, 2.05) is 0 Å². The second-order valence-electron chi connectivity index (χ2n) is 7.13. The fraction of sp³-hybridized carbons (Fsp3) is 0.348. The third-order valence-corrected chi connectivity index (χ3v) is 5.65. The monoisotopic (exact) mass is 427 g/mol. The highest BCUT2D eigenvalue weighted by Gasteiger charge is 2.46. The Balaban J connectivity index is 1.99. The number of ketones is 1. The number of amides is 1. The molecule has 1 aliphatic rings. The number of carbonyl (C=O) groups is 2. The van der Waals surface area contributed by atoms with Crippen molar-refractivity contribution < 1.29 is 14.7 Å². The van der Waals surface area contributed by atoms with Crippen molar-refractivity contribution in [2.24, 2.45) is 0 Å². The first-order valence-electron chi connectivity index (χ1n) is 10.2. The molecule has 7 heteroatoms. The van der Waals surface area contributed by atoms with E-state index in [4.69, 9.17) is 11.6 Å². The maximum atomic E-state index is 12.9. The van der Waals surface area contributed by atoms with Gasteiger partial charge < -0.3 is 14.9 Å². The van der Waals surface area contributed by atoms with Crippen LogP contribution in [0.3, 0.4) is 0 Å². The zero-order chi connectivity index (χ0) is 21.7. The molecule has 158 valence electrons. The molecule has 2 heterocycles. The van der Waals surface area contributed by atoms with Crippen LogP contribution in [0.4, 0.5) is 0 Å². The first-order valence-corrected chi connectivity index (χ1v) is 10.5. The summed E-state index contributed by atoms with van der Waals surface area (Å²) < 4.78 is 0. The Labute approximate surface area is 181 Å². The molecule has 3 rings (SSSR count). The average molecular weight is 428 g/mol. The molecule has 2 aromatic rings. The Morgan fingerprint density at radius 2 is 1.83 bits per heavy atom. The number of Topliss-reactive ketones (excluding diaryl/α,β-unsaturated/α-hetero) is 1. The van der Waals surface area contributed by atoms with Gasteiger partial charge in [0.25, 0.3) is 11.7 Å². The number of halogens is 1. The topological polar surface area (TPSA) is 73.7 Å². The van der Waals surface area contributed by atoms with Gasteiger partial charge in [0.1, 0.15) is 11.8 Å². The molecular formula is C23H26ClN3O3. The number of benzene rings is 1. The van der Waals surface area contributed by atoms with Gasteiger partial charge in [-0.3, -0.25) is 14.6 Å². The van der Waals surface area contributed by atoms with Crippen molar-refractivity contribution in [3.63, 3.8) is 0 Å². The second kappa shape index (κ2) is 9.87. The van der Waals surface area contributed by atoms with Crippen LogP contribution in [0.25, 0.3) is 5.76 Å². The minimum Gasteiger partial charge on any atom is -0.507 e. The molecule has 1 fully saturated rings. The van der Waals surface area contributed by atoms with Crippen molar-refractivity contribution in [3.05, 3.63) is 70.5 Å². The Kier molecular flexibility index (Phi) is 7.24. The number of likely N-dealkylation sites (tertiary alicyclic amines) is 1. The zero-order valence-corrected chi connectivity index (χ0v) is 18.0. The van der Waals surface area contributed by atoms with Gasteiger partial charge in [0.15, 0.2) is 0 Å². The zero-order valence-electron chi connectivity index (χ0n) is 17.2. The fourth-order valence-corrected chi connectivity index (χ4v) is 3.85. The average Bonchev–Trinajstić information content (AvgIpc) is 3.02. The minimum absolute atomic E-state index is 0.0591. The molecule has 30 heavy (non-hydrogen) atoms. The molecule has 0 aliphatic carbocycles.